The van der Waals surface area contributed by atoms with Crippen molar-refractivity contribution in [2.75, 3.05) is 25.4 Å². The van der Waals surface area contributed by atoms with Crippen LogP contribution < -0.4 is 9.46 Å². The molecule has 2 aliphatic heterocycles. The first-order valence-electron chi connectivity index (χ1n) is 10.1. The summed E-state index contributed by atoms with van der Waals surface area (Å²) in [6.07, 6.45) is -0.542. The van der Waals surface area contributed by atoms with Crippen LogP contribution in [0.5, 0.6) is 5.75 Å². The molecule has 0 aliphatic carbocycles. The minimum atomic E-state index is -3.72. The van der Waals surface area contributed by atoms with Gasteiger partial charge in [-0.25, -0.2) is 8.42 Å². The SMILES string of the molecule is CN(C)C(=O)C[C@@H]1C[C@H]2c3cc(NS(=O)(=O)c4ccccc4)ccc3O[C@H]2[C@@H](CO)O1. The number of benzene rings is 2. The summed E-state index contributed by atoms with van der Waals surface area (Å²) in [6.45, 7) is -0.227. The van der Waals surface area contributed by atoms with E-state index in [1.54, 1.807) is 50.5 Å². The molecule has 0 radical (unpaired) electrons. The maximum atomic E-state index is 12.7. The Morgan fingerprint density at radius 1 is 1.19 bits per heavy atom. The standard InChI is InChI=1S/C22H26N2O6S/c1-24(2)21(26)12-15-11-18-17-10-14(23-31(27,28)16-6-4-3-5-7-16)8-9-19(17)30-22(18)20(13-25)29-15/h3-10,15,18,20,22-23,25H,11-13H2,1-2H3/t15-,18-,20+,22+/m0/s1. The Labute approximate surface area is 181 Å². The average Bonchev–Trinajstić information content (AvgIpc) is 3.11. The summed E-state index contributed by atoms with van der Waals surface area (Å²) in [5.74, 6) is 0.477. The number of fused-ring (bicyclic) bond motifs is 3. The molecule has 1 fully saturated rings. The highest BCUT2D eigenvalue weighted by Gasteiger charge is 2.46. The molecule has 9 heteroatoms. The highest BCUT2D eigenvalue weighted by atomic mass is 32.2. The van der Waals surface area contributed by atoms with Crippen LogP contribution in [-0.2, 0) is 19.6 Å². The third kappa shape index (κ3) is 4.39. The molecule has 0 unspecified atom stereocenters. The number of aliphatic hydroxyl groups is 1. The number of carbonyl (C=O) groups excluding carboxylic acids is 1. The summed E-state index contributed by atoms with van der Waals surface area (Å²) in [5.41, 5.74) is 1.28. The molecule has 1 saturated heterocycles. The van der Waals surface area contributed by atoms with Crippen LogP contribution in [0.1, 0.15) is 24.3 Å². The average molecular weight is 447 g/mol. The topological polar surface area (TPSA) is 105 Å². The summed E-state index contributed by atoms with van der Waals surface area (Å²) in [6, 6.07) is 13.3. The maximum absolute atomic E-state index is 12.7. The van der Waals surface area contributed by atoms with E-state index in [9.17, 15) is 18.3 Å². The van der Waals surface area contributed by atoms with Gasteiger partial charge in [-0.2, -0.15) is 0 Å². The molecule has 2 heterocycles. The van der Waals surface area contributed by atoms with Gasteiger partial charge in [0, 0.05) is 31.3 Å². The second kappa shape index (κ2) is 8.49. The smallest absolute Gasteiger partial charge is 0.261 e. The molecule has 0 bridgehead atoms. The van der Waals surface area contributed by atoms with Gasteiger partial charge in [0.25, 0.3) is 10.0 Å². The molecule has 4 atom stereocenters. The van der Waals surface area contributed by atoms with E-state index in [0.29, 0.717) is 17.9 Å². The zero-order chi connectivity index (χ0) is 22.2. The fourth-order valence-electron chi connectivity index (χ4n) is 4.14. The molecule has 0 aromatic heterocycles. The van der Waals surface area contributed by atoms with E-state index in [-0.39, 0.29) is 42.0 Å². The van der Waals surface area contributed by atoms with Crippen molar-refractivity contribution >= 4 is 21.6 Å². The van der Waals surface area contributed by atoms with Crippen LogP contribution >= 0.6 is 0 Å². The van der Waals surface area contributed by atoms with E-state index in [0.717, 1.165) is 5.56 Å². The van der Waals surface area contributed by atoms with Crippen molar-refractivity contribution in [1.82, 2.24) is 4.90 Å². The highest BCUT2D eigenvalue weighted by Crippen LogP contribution is 2.47. The second-order valence-electron chi connectivity index (χ2n) is 8.07. The lowest BCUT2D eigenvalue weighted by Gasteiger charge is -2.37. The molecule has 31 heavy (non-hydrogen) atoms. The van der Waals surface area contributed by atoms with Crippen molar-refractivity contribution < 1.29 is 27.8 Å². The zero-order valence-corrected chi connectivity index (χ0v) is 18.2. The first kappa shape index (κ1) is 21.6. The summed E-state index contributed by atoms with van der Waals surface area (Å²) in [5, 5.41) is 9.82. The first-order chi connectivity index (χ1) is 14.8. The Hall–Kier alpha value is -2.62. The van der Waals surface area contributed by atoms with Gasteiger partial charge in [0.1, 0.15) is 18.0 Å². The van der Waals surface area contributed by atoms with Crippen LogP contribution in [-0.4, -0.2) is 63.3 Å². The molecule has 4 rings (SSSR count). The van der Waals surface area contributed by atoms with Gasteiger partial charge in [0.05, 0.1) is 24.0 Å². The van der Waals surface area contributed by atoms with Crippen molar-refractivity contribution in [2.24, 2.45) is 0 Å². The van der Waals surface area contributed by atoms with Crippen LogP contribution in [0.25, 0.3) is 0 Å². The summed E-state index contributed by atoms with van der Waals surface area (Å²) >= 11 is 0. The number of rotatable bonds is 6. The van der Waals surface area contributed by atoms with E-state index in [1.165, 1.54) is 17.0 Å². The number of sulfonamides is 1. The Balaban J connectivity index is 1.58. The number of hydrogen-bond acceptors (Lipinski definition) is 6. The van der Waals surface area contributed by atoms with Gasteiger partial charge in [0.15, 0.2) is 0 Å². The number of ether oxygens (including phenoxy) is 2. The predicted molar refractivity (Wildman–Crippen MR) is 115 cm³/mol. The minimum Gasteiger partial charge on any atom is -0.487 e. The zero-order valence-electron chi connectivity index (χ0n) is 17.4. The maximum Gasteiger partial charge on any atom is 0.261 e. The highest BCUT2D eigenvalue weighted by molar-refractivity contribution is 7.92. The first-order valence-corrected chi connectivity index (χ1v) is 11.6. The fraction of sp³-hybridized carbons (Fsp3) is 0.409. The lowest BCUT2D eigenvalue weighted by atomic mass is 9.84. The fourth-order valence-corrected chi connectivity index (χ4v) is 5.21. The van der Waals surface area contributed by atoms with E-state index in [4.69, 9.17) is 9.47 Å². The third-order valence-corrected chi connectivity index (χ3v) is 7.10. The van der Waals surface area contributed by atoms with Crippen molar-refractivity contribution in [3.63, 3.8) is 0 Å². The molecule has 166 valence electrons. The van der Waals surface area contributed by atoms with Crippen LogP contribution in [0.4, 0.5) is 5.69 Å². The van der Waals surface area contributed by atoms with Crippen molar-refractivity contribution in [2.45, 2.75) is 42.0 Å². The quantitative estimate of drug-likeness (QED) is 0.703. The summed E-state index contributed by atoms with van der Waals surface area (Å²) in [7, 11) is -0.335. The molecule has 2 aromatic carbocycles. The van der Waals surface area contributed by atoms with Crippen LogP contribution in [0.3, 0.4) is 0 Å². The summed E-state index contributed by atoms with van der Waals surface area (Å²) < 4.78 is 39.9. The van der Waals surface area contributed by atoms with Gasteiger partial charge in [0.2, 0.25) is 5.91 Å². The van der Waals surface area contributed by atoms with Gasteiger partial charge in [-0.1, -0.05) is 18.2 Å². The van der Waals surface area contributed by atoms with Gasteiger partial charge in [-0.3, -0.25) is 9.52 Å². The second-order valence-corrected chi connectivity index (χ2v) is 9.75. The number of hydrogen-bond donors (Lipinski definition) is 2. The number of amides is 1. The predicted octanol–water partition coefficient (Wildman–Crippen LogP) is 1.96. The molecule has 0 spiro atoms. The van der Waals surface area contributed by atoms with Crippen molar-refractivity contribution in [1.29, 1.82) is 0 Å². The summed E-state index contributed by atoms with van der Waals surface area (Å²) in [4.78, 5) is 13.9. The van der Waals surface area contributed by atoms with Crippen LogP contribution in [0.15, 0.2) is 53.4 Å². The Kier molecular flexibility index (Phi) is 5.92. The van der Waals surface area contributed by atoms with E-state index in [1.807, 2.05) is 0 Å². The van der Waals surface area contributed by atoms with E-state index >= 15 is 0 Å². The largest absolute Gasteiger partial charge is 0.487 e. The number of nitrogens with one attached hydrogen (secondary N) is 1. The number of carbonyl (C=O) groups is 1. The number of nitrogens with zero attached hydrogens (tertiary/aromatic N) is 1. The molecule has 2 aromatic rings. The number of aliphatic hydroxyl groups excluding tert-OH is 1. The Morgan fingerprint density at radius 3 is 2.61 bits per heavy atom. The molecular weight excluding hydrogens is 420 g/mol. The normalized spacial score (nSPS) is 24.6. The molecule has 2 aliphatic rings. The Morgan fingerprint density at radius 2 is 1.94 bits per heavy atom. The van der Waals surface area contributed by atoms with Crippen molar-refractivity contribution in [3.8, 4) is 5.75 Å². The lowest BCUT2D eigenvalue weighted by Crippen LogP contribution is -2.47. The van der Waals surface area contributed by atoms with E-state index in [2.05, 4.69) is 4.72 Å². The Bertz CT molecular complexity index is 1060. The van der Waals surface area contributed by atoms with Gasteiger partial charge >= 0.3 is 0 Å². The number of anilines is 1. The molecule has 0 saturated carbocycles. The minimum absolute atomic E-state index is 0.0522. The monoisotopic (exact) mass is 446 g/mol. The molecular formula is C22H26N2O6S. The molecule has 2 N–H and O–H groups in total. The van der Waals surface area contributed by atoms with Gasteiger partial charge in [-0.15, -0.1) is 0 Å². The molecule has 8 nitrogen and oxygen atoms in total. The van der Waals surface area contributed by atoms with Gasteiger partial charge < -0.3 is 19.5 Å². The molecule has 1 amide bonds. The van der Waals surface area contributed by atoms with E-state index < -0.39 is 16.1 Å². The lowest BCUT2D eigenvalue weighted by molar-refractivity contribution is -0.147. The van der Waals surface area contributed by atoms with Crippen molar-refractivity contribution in [3.05, 3.63) is 54.1 Å². The van der Waals surface area contributed by atoms with Gasteiger partial charge in [-0.05, 0) is 36.8 Å². The van der Waals surface area contributed by atoms with Crippen LogP contribution in [0, 0.1) is 0 Å². The van der Waals surface area contributed by atoms with Crippen LogP contribution in [0.2, 0.25) is 0 Å². The third-order valence-electron chi connectivity index (χ3n) is 5.71.